The van der Waals surface area contributed by atoms with Crippen LogP contribution in [0.2, 0.25) is 0 Å². The standard InChI is InChI=1S/C16H21N3O3/c1-12(20)18-15(11-16(21)19(2)10-4-9-17)13-5-7-14(22-3)8-6-13/h5-8,15H,4,10-11H2,1-3H3,(H,18,20). The third-order valence-corrected chi connectivity index (χ3v) is 3.26. The van der Waals surface area contributed by atoms with Gasteiger partial charge in [-0.25, -0.2) is 0 Å². The van der Waals surface area contributed by atoms with Crippen LogP contribution in [-0.4, -0.2) is 37.4 Å². The lowest BCUT2D eigenvalue weighted by atomic mass is 10.0. The Kier molecular flexibility index (Phi) is 6.90. The van der Waals surface area contributed by atoms with Crippen LogP contribution in [0.5, 0.6) is 5.75 Å². The van der Waals surface area contributed by atoms with Crippen molar-refractivity contribution in [2.75, 3.05) is 20.7 Å². The summed E-state index contributed by atoms with van der Waals surface area (Å²) in [6.07, 6.45) is 0.434. The van der Waals surface area contributed by atoms with Crippen LogP contribution in [0.4, 0.5) is 0 Å². The lowest BCUT2D eigenvalue weighted by Gasteiger charge is -2.22. The second-order valence-corrected chi connectivity index (χ2v) is 4.95. The van der Waals surface area contributed by atoms with E-state index in [0.717, 1.165) is 5.56 Å². The normalized spacial score (nSPS) is 11.2. The first-order valence-corrected chi connectivity index (χ1v) is 7.00. The lowest BCUT2D eigenvalue weighted by molar-refractivity contribution is -0.130. The van der Waals surface area contributed by atoms with Crippen LogP contribution in [-0.2, 0) is 9.59 Å². The number of hydrogen-bond donors (Lipinski definition) is 1. The zero-order valence-electron chi connectivity index (χ0n) is 13.1. The van der Waals surface area contributed by atoms with Gasteiger partial charge in [0.25, 0.3) is 0 Å². The number of carbonyl (C=O) groups is 2. The first kappa shape index (κ1) is 17.5. The van der Waals surface area contributed by atoms with Crippen molar-refractivity contribution in [3.05, 3.63) is 29.8 Å². The Labute approximate surface area is 130 Å². The van der Waals surface area contributed by atoms with Crippen molar-refractivity contribution in [3.63, 3.8) is 0 Å². The second kappa shape index (κ2) is 8.67. The lowest BCUT2D eigenvalue weighted by Crippen LogP contribution is -2.34. The zero-order valence-corrected chi connectivity index (χ0v) is 13.1. The fraction of sp³-hybridized carbons (Fsp3) is 0.438. The molecule has 1 aromatic rings. The summed E-state index contributed by atoms with van der Waals surface area (Å²) >= 11 is 0. The van der Waals surface area contributed by atoms with Gasteiger partial charge in [-0.15, -0.1) is 0 Å². The highest BCUT2D eigenvalue weighted by atomic mass is 16.5. The first-order valence-electron chi connectivity index (χ1n) is 7.00. The van der Waals surface area contributed by atoms with E-state index in [1.165, 1.54) is 11.8 Å². The molecular formula is C16H21N3O3. The Morgan fingerprint density at radius 1 is 1.36 bits per heavy atom. The smallest absolute Gasteiger partial charge is 0.224 e. The molecule has 22 heavy (non-hydrogen) atoms. The van der Waals surface area contributed by atoms with Crippen LogP contribution >= 0.6 is 0 Å². The topological polar surface area (TPSA) is 82.4 Å². The third kappa shape index (κ3) is 5.44. The van der Waals surface area contributed by atoms with Crippen LogP contribution in [0.25, 0.3) is 0 Å². The maximum absolute atomic E-state index is 12.2. The molecule has 1 atom stereocenters. The van der Waals surface area contributed by atoms with E-state index in [-0.39, 0.29) is 24.7 Å². The van der Waals surface area contributed by atoms with Gasteiger partial charge in [0.15, 0.2) is 0 Å². The number of methoxy groups -OCH3 is 1. The molecular weight excluding hydrogens is 282 g/mol. The average molecular weight is 303 g/mol. The van der Waals surface area contributed by atoms with Crippen molar-refractivity contribution in [2.45, 2.75) is 25.8 Å². The van der Waals surface area contributed by atoms with Gasteiger partial charge < -0.3 is 15.0 Å². The number of rotatable bonds is 7. The molecule has 0 aliphatic rings. The van der Waals surface area contributed by atoms with Gasteiger partial charge in [0.1, 0.15) is 5.75 Å². The Balaban J connectivity index is 2.81. The van der Waals surface area contributed by atoms with Crippen molar-refractivity contribution >= 4 is 11.8 Å². The Bertz CT molecular complexity index is 549. The summed E-state index contributed by atoms with van der Waals surface area (Å²) in [5.74, 6) is 0.390. The molecule has 1 unspecified atom stereocenters. The molecule has 0 saturated heterocycles. The minimum atomic E-state index is -0.402. The second-order valence-electron chi connectivity index (χ2n) is 4.95. The molecule has 0 aromatic heterocycles. The van der Waals surface area contributed by atoms with E-state index in [1.54, 1.807) is 26.3 Å². The van der Waals surface area contributed by atoms with Gasteiger partial charge in [0.2, 0.25) is 11.8 Å². The number of ether oxygens (including phenoxy) is 1. The van der Waals surface area contributed by atoms with E-state index in [1.807, 2.05) is 18.2 Å². The molecule has 0 heterocycles. The summed E-state index contributed by atoms with van der Waals surface area (Å²) in [4.78, 5) is 25.0. The molecule has 0 saturated carbocycles. The average Bonchev–Trinajstić information content (AvgIpc) is 2.51. The fourth-order valence-corrected chi connectivity index (χ4v) is 2.01. The molecule has 0 aliphatic heterocycles. The third-order valence-electron chi connectivity index (χ3n) is 3.26. The fourth-order valence-electron chi connectivity index (χ4n) is 2.01. The molecule has 0 fully saturated rings. The van der Waals surface area contributed by atoms with Gasteiger partial charge in [0.05, 0.1) is 32.1 Å². The number of carbonyl (C=O) groups excluding carboxylic acids is 2. The van der Waals surface area contributed by atoms with Crippen molar-refractivity contribution < 1.29 is 14.3 Å². The Hall–Kier alpha value is -2.55. The highest BCUT2D eigenvalue weighted by Crippen LogP contribution is 2.21. The van der Waals surface area contributed by atoms with Gasteiger partial charge in [-0.2, -0.15) is 5.26 Å². The molecule has 1 rings (SSSR count). The predicted molar refractivity (Wildman–Crippen MR) is 82.0 cm³/mol. The molecule has 118 valence electrons. The summed E-state index contributed by atoms with van der Waals surface area (Å²) in [5, 5.41) is 11.4. The highest BCUT2D eigenvalue weighted by Gasteiger charge is 2.19. The van der Waals surface area contributed by atoms with Gasteiger partial charge in [-0.1, -0.05) is 12.1 Å². The molecule has 6 heteroatoms. The molecule has 2 amide bonds. The largest absolute Gasteiger partial charge is 0.497 e. The molecule has 0 spiro atoms. The van der Waals surface area contributed by atoms with Crippen molar-refractivity contribution in [3.8, 4) is 11.8 Å². The summed E-state index contributed by atoms with van der Waals surface area (Å²) < 4.78 is 5.10. The molecule has 0 bridgehead atoms. The molecule has 6 nitrogen and oxygen atoms in total. The van der Waals surface area contributed by atoms with Gasteiger partial charge in [0, 0.05) is 20.5 Å². The van der Waals surface area contributed by atoms with Gasteiger partial charge in [-0.05, 0) is 17.7 Å². The Morgan fingerprint density at radius 2 is 2.00 bits per heavy atom. The monoisotopic (exact) mass is 303 g/mol. The van der Waals surface area contributed by atoms with Crippen molar-refractivity contribution in [2.24, 2.45) is 0 Å². The number of amides is 2. The number of nitriles is 1. The van der Waals surface area contributed by atoms with E-state index in [2.05, 4.69) is 5.32 Å². The van der Waals surface area contributed by atoms with E-state index in [9.17, 15) is 9.59 Å². The predicted octanol–water partition coefficient (Wildman–Crippen LogP) is 1.63. The van der Waals surface area contributed by atoms with Gasteiger partial charge >= 0.3 is 0 Å². The first-order chi connectivity index (χ1) is 10.5. The summed E-state index contributed by atoms with van der Waals surface area (Å²) in [6, 6.07) is 8.82. The molecule has 1 N–H and O–H groups in total. The van der Waals surface area contributed by atoms with Crippen LogP contribution in [0.15, 0.2) is 24.3 Å². The van der Waals surface area contributed by atoms with E-state index in [4.69, 9.17) is 10.00 Å². The Morgan fingerprint density at radius 3 is 2.50 bits per heavy atom. The zero-order chi connectivity index (χ0) is 16.5. The van der Waals surface area contributed by atoms with Crippen LogP contribution in [0, 0.1) is 11.3 Å². The van der Waals surface area contributed by atoms with Gasteiger partial charge in [-0.3, -0.25) is 9.59 Å². The maximum Gasteiger partial charge on any atom is 0.224 e. The molecule has 0 aliphatic carbocycles. The van der Waals surface area contributed by atoms with E-state index >= 15 is 0 Å². The maximum atomic E-state index is 12.2. The SMILES string of the molecule is COc1ccc(C(CC(=O)N(C)CCC#N)NC(C)=O)cc1. The summed E-state index contributed by atoms with van der Waals surface area (Å²) in [7, 11) is 3.23. The van der Waals surface area contributed by atoms with Crippen LogP contribution in [0.3, 0.4) is 0 Å². The summed E-state index contributed by atoms with van der Waals surface area (Å²) in [6.45, 7) is 1.80. The van der Waals surface area contributed by atoms with Crippen LogP contribution < -0.4 is 10.1 Å². The number of nitrogens with zero attached hydrogens (tertiary/aromatic N) is 2. The molecule has 0 radical (unpaired) electrons. The summed E-state index contributed by atoms with van der Waals surface area (Å²) in [5.41, 5.74) is 0.832. The quantitative estimate of drug-likeness (QED) is 0.830. The van der Waals surface area contributed by atoms with E-state index < -0.39 is 6.04 Å². The minimum Gasteiger partial charge on any atom is -0.497 e. The highest BCUT2D eigenvalue weighted by molar-refractivity contribution is 5.79. The number of hydrogen-bond acceptors (Lipinski definition) is 4. The van der Waals surface area contributed by atoms with Crippen molar-refractivity contribution in [1.82, 2.24) is 10.2 Å². The minimum absolute atomic E-state index is 0.121. The molecule has 1 aromatic carbocycles. The number of benzene rings is 1. The number of nitrogens with one attached hydrogen (secondary N) is 1. The van der Waals surface area contributed by atoms with Crippen LogP contribution in [0.1, 0.15) is 31.4 Å². The van der Waals surface area contributed by atoms with Crippen molar-refractivity contribution in [1.29, 1.82) is 5.26 Å². The van der Waals surface area contributed by atoms with E-state index in [0.29, 0.717) is 12.3 Å².